The SMILES string of the molecule is O=C(O)CCc1cccc(NC(=O)Nc2ncc(Br)s2)c1. The zero-order valence-electron chi connectivity index (χ0n) is 10.8. The molecular formula is C13H12BrN3O3S. The Morgan fingerprint density at radius 2 is 2.14 bits per heavy atom. The minimum atomic E-state index is -0.847. The maximum atomic E-state index is 11.8. The predicted octanol–water partition coefficient (Wildman–Crippen LogP) is 3.57. The van der Waals surface area contributed by atoms with Crippen molar-refractivity contribution in [3.63, 3.8) is 0 Å². The highest BCUT2D eigenvalue weighted by molar-refractivity contribution is 9.11. The molecular weight excluding hydrogens is 358 g/mol. The number of carbonyl (C=O) groups is 2. The first-order valence-electron chi connectivity index (χ1n) is 6.03. The molecule has 0 fully saturated rings. The molecule has 1 aromatic carbocycles. The van der Waals surface area contributed by atoms with Crippen LogP contribution < -0.4 is 10.6 Å². The standard InChI is InChI=1S/C13H12BrN3O3S/c14-10-7-15-13(21-10)17-12(20)16-9-3-1-2-8(6-9)4-5-11(18)19/h1-3,6-7H,4-5H2,(H,18,19)(H2,15,16,17,20). The van der Waals surface area contributed by atoms with Gasteiger partial charge in [-0.25, -0.2) is 9.78 Å². The molecule has 0 aliphatic rings. The maximum absolute atomic E-state index is 11.8. The minimum Gasteiger partial charge on any atom is -0.481 e. The molecule has 0 bridgehead atoms. The van der Waals surface area contributed by atoms with Crippen LogP contribution in [0.5, 0.6) is 0 Å². The van der Waals surface area contributed by atoms with Gasteiger partial charge in [0.1, 0.15) is 0 Å². The van der Waals surface area contributed by atoms with Gasteiger partial charge in [0, 0.05) is 12.1 Å². The van der Waals surface area contributed by atoms with Crippen molar-refractivity contribution >= 4 is 50.1 Å². The van der Waals surface area contributed by atoms with Crippen LogP contribution >= 0.6 is 27.3 Å². The predicted molar refractivity (Wildman–Crippen MR) is 84.9 cm³/mol. The second-order valence-electron chi connectivity index (χ2n) is 4.14. The molecule has 8 heteroatoms. The quantitative estimate of drug-likeness (QED) is 0.751. The Bertz CT molecular complexity index is 660. The topological polar surface area (TPSA) is 91.3 Å². The first kappa shape index (κ1) is 15.5. The lowest BCUT2D eigenvalue weighted by Gasteiger charge is -2.07. The van der Waals surface area contributed by atoms with Crippen LogP contribution in [0.25, 0.3) is 0 Å². The van der Waals surface area contributed by atoms with E-state index >= 15 is 0 Å². The van der Waals surface area contributed by atoms with Crippen LogP contribution in [0.1, 0.15) is 12.0 Å². The van der Waals surface area contributed by atoms with Crippen molar-refractivity contribution in [3.05, 3.63) is 39.8 Å². The molecule has 1 aromatic heterocycles. The summed E-state index contributed by atoms with van der Waals surface area (Å²) in [6.07, 6.45) is 2.08. The van der Waals surface area contributed by atoms with Gasteiger partial charge in [-0.1, -0.05) is 23.5 Å². The number of aryl methyl sites for hydroxylation is 1. The number of urea groups is 1. The average molecular weight is 370 g/mol. The number of carboxylic acid groups (broad SMARTS) is 1. The number of hydrogen-bond donors (Lipinski definition) is 3. The van der Waals surface area contributed by atoms with E-state index in [2.05, 4.69) is 31.5 Å². The maximum Gasteiger partial charge on any atom is 0.325 e. The Kier molecular flexibility index (Phi) is 5.29. The van der Waals surface area contributed by atoms with Crippen LogP contribution in [-0.2, 0) is 11.2 Å². The van der Waals surface area contributed by atoms with Gasteiger partial charge in [0.25, 0.3) is 0 Å². The van der Waals surface area contributed by atoms with E-state index in [0.29, 0.717) is 17.2 Å². The fraction of sp³-hybridized carbons (Fsp3) is 0.154. The van der Waals surface area contributed by atoms with E-state index in [1.165, 1.54) is 11.3 Å². The van der Waals surface area contributed by atoms with Crippen molar-refractivity contribution in [2.24, 2.45) is 0 Å². The number of carbonyl (C=O) groups excluding carboxylic acids is 1. The third-order valence-electron chi connectivity index (χ3n) is 2.51. The number of halogens is 1. The van der Waals surface area contributed by atoms with E-state index in [4.69, 9.17) is 5.11 Å². The highest BCUT2D eigenvalue weighted by Gasteiger charge is 2.06. The van der Waals surface area contributed by atoms with Gasteiger partial charge < -0.3 is 10.4 Å². The van der Waals surface area contributed by atoms with Gasteiger partial charge in [-0.05, 0) is 40.0 Å². The summed E-state index contributed by atoms with van der Waals surface area (Å²) in [5, 5.41) is 14.4. The van der Waals surface area contributed by atoms with Crippen LogP contribution in [-0.4, -0.2) is 22.1 Å². The smallest absolute Gasteiger partial charge is 0.325 e. The Balaban J connectivity index is 1.94. The molecule has 0 aliphatic heterocycles. The Hall–Kier alpha value is -1.93. The molecule has 2 amide bonds. The normalized spacial score (nSPS) is 10.1. The molecule has 6 nitrogen and oxygen atoms in total. The number of anilines is 2. The van der Waals surface area contributed by atoms with Gasteiger partial charge in [-0.3, -0.25) is 10.1 Å². The van der Waals surface area contributed by atoms with Crippen LogP contribution in [0.2, 0.25) is 0 Å². The van der Waals surface area contributed by atoms with Crippen molar-refractivity contribution in [1.82, 2.24) is 4.98 Å². The van der Waals surface area contributed by atoms with E-state index in [-0.39, 0.29) is 6.42 Å². The van der Waals surface area contributed by atoms with Crippen molar-refractivity contribution < 1.29 is 14.7 Å². The summed E-state index contributed by atoms with van der Waals surface area (Å²) in [6, 6.07) is 6.69. The molecule has 2 aromatic rings. The zero-order chi connectivity index (χ0) is 15.2. The molecule has 0 aliphatic carbocycles. The van der Waals surface area contributed by atoms with Gasteiger partial charge in [-0.2, -0.15) is 0 Å². The zero-order valence-corrected chi connectivity index (χ0v) is 13.2. The van der Waals surface area contributed by atoms with E-state index in [9.17, 15) is 9.59 Å². The summed E-state index contributed by atoms with van der Waals surface area (Å²) < 4.78 is 0.827. The summed E-state index contributed by atoms with van der Waals surface area (Å²) in [5.74, 6) is -0.847. The van der Waals surface area contributed by atoms with Crippen molar-refractivity contribution in [1.29, 1.82) is 0 Å². The number of carboxylic acids is 1. The lowest BCUT2D eigenvalue weighted by atomic mass is 10.1. The molecule has 0 unspecified atom stereocenters. The highest BCUT2D eigenvalue weighted by Crippen LogP contribution is 2.23. The molecule has 3 N–H and O–H groups in total. The Labute approximate surface area is 133 Å². The summed E-state index contributed by atoms with van der Waals surface area (Å²) in [5.41, 5.74) is 1.46. The van der Waals surface area contributed by atoms with Gasteiger partial charge in [-0.15, -0.1) is 0 Å². The first-order chi connectivity index (χ1) is 10.0. The number of aromatic nitrogens is 1. The number of nitrogens with one attached hydrogen (secondary N) is 2. The number of aliphatic carboxylic acids is 1. The second kappa shape index (κ2) is 7.19. The van der Waals surface area contributed by atoms with Crippen LogP contribution in [0.3, 0.4) is 0 Å². The third-order valence-corrected chi connectivity index (χ3v) is 3.90. The van der Waals surface area contributed by atoms with Crippen molar-refractivity contribution in [2.45, 2.75) is 12.8 Å². The molecule has 21 heavy (non-hydrogen) atoms. The number of rotatable bonds is 5. The summed E-state index contributed by atoms with van der Waals surface area (Å²) in [7, 11) is 0. The molecule has 1 heterocycles. The van der Waals surface area contributed by atoms with E-state index < -0.39 is 12.0 Å². The lowest BCUT2D eigenvalue weighted by Crippen LogP contribution is -2.19. The van der Waals surface area contributed by atoms with Gasteiger partial charge >= 0.3 is 12.0 Å². The van der Waals surface area contributed by atoms with Crippen LogP contribution in [0.4, 0.5) is 15.6 Å². The van der Waals surface area contributed by atoms with Gasteiger partial charge in [0.05, 0.1) is 9.98 Å². The molecule has 110 valence electrons. The Morgan fingerprint density at radius 3 is 2.81 bits per heavy atom. The molecule has 0 saturated heterocycles. The van der Waals surface area contributed by atoms with Crippen LogP contribution in [0, 0.1) is 0 Å². The average Bonchev–Trinajstić information content (AvgIpc) is 2.82. The van der Waals surface area contributed by atoms with E-state index in [1.54, 1.807) is 24.4 Å². The molecule has 0 spiro atoms. The fourth-order valence-corrected chi connectivity index (χ4v) is 2.73. The van der Waals surface area contributed by atoms with Crippen molar-refractivity contribution in [3.8, 4) is 0 Å². The minimum absolute atomic E-state index is 0.0583. The molecule has 0 radical (unpaired) electrons. The first-order valence-corrected chi connectivity index (χ1v) is 7.64. The monoisotopic (exact) mass is 369 g/mol. The third kappa shape index (κ3) is 5.16. The lowest BCUT2D eigenvalue weighted by molar-refractivity contribution is -0.136. The molecule has 0 saturated carbocycles. The van der Waals surface area contributed by atoms with Gasteiger partial charge in [0.2, 0.25) is 0 Å². The van der Waals surface area contributed by atoms with Crippen molar-refractivity contribution in [2.75, 3.05) is 10.6 Å². The fourth-order valence-electron chi connectivity index (χ4n) is 1.63. The molecule has 2 rings (SSSR count). The summed E-state index contributed by atoms with van der Waals surface area (Å²) in [6.45, 7) is 0. The summed E-state index contributed by atoms with van der Waals surface area (Å²) >= 11 is 4.57. The number of nitrogens with zero attached hydrogens (tertiary/aromatic N) is 1. The van der Waals surface area contributed by atoms with Gasteiger partial charge in [0.15, 0.2) is 5.13 Å². The Morgan fingerprint density at radius 1 is 1.33 bits per heavy atom. The second-order valence-corrected chi connectivity index (χ2v) is 6.55. The highest BCUT2D eigenvalue weighted by atomic mass is 79.9. The molecule has 0 atom stereocenters. The number of benzene rings is 1. The number of hydrogen-bond acceptors (Lipinski definition) is 4. The van der Waals surface area contributed by atoms with Crippen LogP contribution in [0.15, 0.2) is 34.2 Å². The van der Waals surface area contributed by atoms with E-state index in [1.807, 2.05) is 6.07 Å². The number of thiazole rings is 1. The largest absolute Gasteiger partial charge is 0.481 e. The number of amides is 2. The van der Waals surface area contributed by atoms with E-state index in [0.717, 1.165) is 9.35 Å². The summed E-state index contributed by atoms with van der Waals surface area (Å²) in [4.78, 5) is 26.4.